The van der Waals surface area contributed by atoms with Gasteiger partial charge in [0, 0.05) is 17.1 Å². The lowest BCUT2D eigenvalue weighted by Crippen LogP contribution is -2.27. The summed E-state index contributed by atoms with van der Waals surface area (Å²) in [4.78, 5) is 14.9. The topological polar surface area (TPSA) is 119 Å². The summed E-state index contributed by atoms with van der Waals surface area (Å²) in [5.41, 5.74) is 0.225. The smallest absolute Gasteiger partial charge is 0.276 e. The Morgan fingerprint density at radius 2 is 1.71 bits per heavy atom. The molecule has 0 fully saturated rings. The van der Waals surface area contributed by atoms with Crippen LogP contribution in [0.1, 0.15) is 10.4 Å². The van der Waals surface area contributed by atoms with Gasteiger partial charge in [0.1, 0.15) is 17.0 Å². The normalized spacial score (nSPS) is 11.8. The van der Waals surface area contributed by atoms with Crippen molar-refractivity contribution in [3.63, 3.8) is 0 Å². The van der Waals surface area contributed by atoms with E-state index in [1.807, 2.05) is 0 Å². The summed E-state index contributed by atoms with van der Waals surface area (Å²) in [7, 11) is -1.36. The molecule has 0 bridgehead atoms. The van der Waals surface area contributed by atoms with Gasteiger partial charge in [-0.25, -0.2) is 4.39 Å². The van der Waals surface area contributed by atoms with E-state index in [1.54, 1.807) is 24.3 Å². The van der Waals surface area contributed by atoms with Crippen molar-refractivity contribution in [1.29, 1.82) is 0 Å². The average molecular weight is 498 g/mol. The maximum absolute atomic E-state index is 13.5. The molecule has 1 amide bonds. The standard InChI is InChI=1S/C24H20FN3O6S/c1-32-21-11-10-18(14-22(21)33-2)35(30,31)28-27-24-19(12-15-6-3-4-9-20(15)34-24)23(29)26-17-8-5-7-16(25)13-17/h3-14,28H,1-2H3,(H,26,29). The molecule has 4 rings (SSSR count). The second-order valence-electron chi connectivity index (χ2n) is 7.19. The van der Waals surface area contributed by atoms with Crippen molar-refractivity contribution in [3.8, 4) is 11.5 Å². The zero-order valence-corrected chi connectivity index (χ0v) is 19.4. The molecule has 35 heavy (non-hydrogen) atoms. The lowest BCUT2D eigenvalue weighted by molar-refractivity contribution is 0.102. The van der Waals surface area contributed by atoms with E-state index in [4.69, 9.17) is 13.9 Å². The van der Waals surface area contributed by atoms with Crippen molar-refractivity contribution in [2.45, 2.75) is 4.90 Å². The van der Waals surface area contributed by atoms with Gasteiger partial charge in [0.05, 0.1) is 19.1 Å². The van der Waals surface area contributed by atoms with Gasteiger partial charge in [-0.05, 0) is 42.5 Å². The van der Waals surface area contributed by atoms with Crippen LogP contribution in [-0.2, 0) is 10.0 Å². The number of carbonyl (C=O) groups is 1. The monoisotopic (exact) mass is 497 g/mol. The minimum absolute atomic E-state index is 0.0667. The van der Waals surface area contributed by atoms with Crippen LogP contribution in [0.25, 0.3) is 11.0 Å². The van der Waals surface area contributed by atoms with Crippen LogP contribution in [0.2, 0.25) is 0 Å². The molecule has 1 heterocycles. The number of hydrogen-bond acceptors (Lipinski definition) is 7. The van der Waals surface area contributed by atoms with Gasteiger partial charge < -0.3 is 19.2 Å². The van der Waals surface area contributed by atoms with Crippen molar-refractivity contribution in [1.82, 2.24) is 4.83 Å². The van der Waals surface area contributed by atoms with E-state index in [1.165, 1.54) is 56.7 Å². The van der Waals surface area contributed by atoms with E-state index in [9.17, 15) is 17.6 Å². The molecule has 0 aliphatic rings. The minimum atomic E-state index is -4.17. The molecular weight excluding hydrogens is 477 g/mol. The third-order valence-electron chi connectivity index (χ3n) is 4.92. The number of nitrogens with one attached hydrogen (secondary N) is 2. The lowest BCUT2D eigenvalue weighted by atomic mass is 10.1. The summed E-state index contributed by atoms with van der Waals surface area (Å²) in [6, 6.07) is 17.7. The van der Waals surface area contributed by atoms with Crippen LogP contribution in [0.4, 0.5) is 10.1 Å². The first kappa shape index (κ1) is 23.8. The van der Waals surface area contributed by atoms with Gasteiger partial charge in [-0.3, -0.25) is 4.79 Å². The van der Waals surface area contributed by atoms with Gasteiger partial charge in [-0.15, -0.1) is 5.10 Å². The molecule has 0 saturated heterocycles. The Hall–Kier alpha value is -4.38. The number of rotatable bonds is 7. The second kappa shape index (κ2) is 9.85. The highest BCUT2D eigenvalue weighted by atomic mass is 32.2. The van der Waals surface area contributed by atoms with Crippen molar-refractivity contribution < 1.29 is 31.5 Å². The summed E-state index contributed by atoms with van der Waals surface area (Å²) in [6.45, 7) is 0. The molecule has 0 saturated carbocycles. The molecule has 0 aliphatic carbocycles. The number of benzene rings is 3. The zero-order valence-electron chi connectivity index (χ0n) is 18.6. The SMILES string of the molecule is COc1ccc(S(=O)(=O)NN=c2oc3ccccc3cc2C(=O)Nc2cccc(F)c2)cc1OC. The van der Waals surface area contributed by atoms with Gasteiger partial charge >= 0.3 is 0 Å². The summed E-state index contributed by atoms with van der Waals surface area (Å²) in [6.07, 6.45) is 0. The van der Waals surface area contributed by atoms with Gasteiger partial charge in [0.15, 0.2) is 11.5 Å². The number of sulfonamides is 1. The Bertz CT molecular complexity index is 1580. The molecule has 0 radical (unpaired) electrons. The molecular formula is C24H20FN3O6S. The molecule has 180 valence electrons. The van der Waals surface area contributed by atoms with E-state index in [2.05, 4.69) is 15.2 Å². The molecule has 0 unspecified atom stereocenters. The Morgan fingerprint density at radius 3 is 2.46 bits per heavy atom. The molecule has 3 aromatic carbocycles. The van der Waals surface area contributed by atoms with Crippen LogP contribution >= 0.6 is 0 Å². The number of halogens is 1. The fourth-order valence-electron chi connectivity index (χ4n) is 3.22. The largest absolute Gasteiger partial charge is 0.493 e. The number of para-hydroxylation sites is 1. The number of ether oxygens (including phenoxy) is 2. The Balaban J connectivity index is 1.74. The molecule has 0 aliphatic heterocycles. The van der Waals surface area contributed by atoms with Crippen LogP contribution in [0.5, 0.6) is 11.5 Å². The van der Waals surface area contributed by atoms with E-state index in [0.29, 0.717) is 16.7 Å². The first-order valence-electron chi connectivity index (χ1n) is 10.2. The Labute approximate surface area is 199 Å². The van der Waals surface area contributed by atoms with Gasteiger partial charge in [-0.1, -0.05) is 24.3 Å². The number of methoxy groups -OCH3 is 2. The maximum atomic E-state index is 13.5. The Morgan fingerprint density at radius 1 is 0.943 bits per heavy atom. The van der Waals surface area contributed by atoms with E-state index < -0.39 is 21.7 Å². The predicted octanol–water partition coefficient (Wildman–Crippen LogP) is 3.64. The summed E-state index contributed by atoms with van der Waals surface area (Å²) < 4.78 is 55.3. The first-order chi connectivity index (χ1) is 16.8. The van der Waals surface area contributed by atoms with Crippen LogP contribution in [-0.4, -0.2) is 28.5 Å². The van der Waals surface area contributed by atoms with E-state index in [-0.39, 0.29) is 27.4 Å². The summed E-state index contributed by atoms with van der Waals surface area (Å²) in [5, 5.41) is 7.01. The number of nitrogens with zero attached hydrogens (tertiary/aromatic N) is 1. The molecule has 1 aromatic heterocycles. The van der Waals surface area contributed by atoms with Gasteiger partial charge in [0.2, 0.25) is 5.55 Å². The third kappa shape index (κ3) is 5.25. The number of anilines is 1. The molecule has 0 spiro atoms. The third-order valence-corrected chi connectivity index (χ3v) is 6.12. The second-order valence-corrected chi connectivity index (χ2v) is 8.85. The first-order valence-corrected chi connectivity index (χ1v) is 11.7. The minimum Gasteiger partial charge on any atom is -0.493 e. The van der Waals surface area contributed by atoms with Gasteiger partial charge in [-0.2, -0.15) is 13.2 Å². The quantitative estimate of drug-likeness (QED) is 0.377. The number of carbonyl (C=O) groups excluding carboxylic acids is 1. The number of fused-ring (bicyclic) bond motifs is 1. The molecule has 2 N–H and O–H groups in total. The average Bonchev–Trinajstić information content (AvgIpc) is 2.86. The maximum Gasteiger partial charge on any atom is 0.276 e. The van der Waals surface area contributed by atoms with Crippen molar-refractivity contribution in [3.05, 3.63) is 89.7 Å². The van der Waals surface area contributed by atoms with E-state index >= 15 is 0 Å². The fourth-order valence-corrected chi connectivity index (χ4v) is 4.04. The summed E-state index contributed by atoms with van der Waals surface area (Å²) >= 11 is 0. The van der Waals surface area contributed by atoms with Crippen molar-refractivity contribution in [2.75, 3.05) is 19.5 Å². The van der Waals surface area contributed by atoms with E-state index in [0.717, 1.165) is 6.07 Å². The highest BCUT2D eigenvalue weighted by Gasteiger charge is 2.18. The summed E-state index contributed by atoms with van der Waals surface area (Å²) in [5.74, 6) is -0.641. The van der Waals surface area contributed by atoms with Crippen LogP contribution < -0.4 is 25.2 Å². The predicted molar refractivity (Wildman–Crippen MR) is 126 cm³/mol. The molecule has 9 nitrogen and oxygen atoms in total. The Kier molecular flexibility index (Phi) is 6.69. The zero-order chi connectivity index (χ0) is 25.0. The molecule has 11 heteroatoms. The van der Waals surface area contributed by atoms with Crippen LogP contribution in [0.15, 0.2) is 87.2 Å². The van der Waals surface area contributed by atoms with Crippen LogP contribution in [0, 0.1) is 5.82 Å². The van der Waals surface area contributed by atoms with Gasteiger partial charge in [0.25, 0.3) is 15.9 Å². The highest BCUT2D eigenvalue weighted by molar-refractivity contribution is 7.89. The number of hydrogen-bond donors (Lipinski definition) is 2. The highest BCUT2D eigenvalue weighted by Crippen LogP contribution is 2.29. The molecule has 0 atom stereocenters. The lowest BCUT2D eigenvalue weighted by Gasteiger charge is -2.10. The van der Waals surface area contributed by atoms with Crippen molar-refractivity contribution in [2.24, 2.45) is 5.10 Å². The fraction of sp³-hybridized carbons (Fsp3) is 0.0833. The number of amides is 1. The molecule has 4 aromatic rings. The van der Waals surface area contributed by atoms with Crippen molar-refractivity contribution >= 4 is 32.6 Å². The van der Waals surface area contributed by atoms with Crippen LogP contribution in [0.3, 0.4) is 0 Å².